The van der Waals surface area contributed by atoms with Crippen molar-refractivity contribution in [2.75, 3.05) is 17.6 Å². The van der Waals surface area contributed by atoms with Gasteiger partial charge in [-0.1, -0.05) is 0 Å². The summed E-state index contributed by atoms with van der Waals surface area (Å²) in [5.41, 5.74) is 6.59. The van der Waals surface area contributed by atoms with E-state index in [0.717, 1.165) is 0 Å². The van der Waals surface area contributed by atoms with E-state index in [2.05, 4.69) is 20.3 Å². The number of nitrogens with two attached hydrogens (primary N) is 1. The normalized spacial score (nSPS) is 13.8. The largest absolute Gasteiger partial charge is 0.416 e. The molecule has 0 saturated heterocycles. The first-order valence-electron chi connectivity index (χ1n) is 4.89. The molecule has 1 aromatic carbocycles. The lowest BCUT2D eigenvalue weighted by atomic mass is 10.2. The van der Waals surface area contributed by atoms with Crippen LogP contribution in [0.15, 0.2) is 16.8 Å². The Morgan fingerprint density at radius 1 is 1.33 bits per heavy atom. The van der Waals surface area contributed by atoms with Crippen LogP contribution in [0.4, 0.5) is 24.5 Å². The molecule has 0 amide bonds. The number of aliphatic hydroxyl groups excluding tert-OH is 1. The lowest BCUT2D eigenvalue weighted by molar-refractivity contribution is -0.198. The summed E-state index contributed by atoms with van der Waals surface area (Å²) in [7, 11) is 0. The van der Waals surface area contributed by atoms with Crippen molar-refractivity contribution < 1.29 is 22.9 Å². The molecular weight excluding hydrogens is 253 g/mol. The zero-order valence-corrected chi connectivity index (χ0v) is 8.90. The summed E-state index contributed by atoms with van der Waals surface area (Å²) in [4.78, 5) is 0. The average Bonchev–Trinajstić information content (AvgIpc) is 2.76. The van der Waals surface area contributed by atoms with E-state index >= 15 is 0 Å². The van der Waals surface area contributed by atoms with Crippen LogP contribution in [0.1, 0.15) is 0 Å². The van der Waals surface area contributed by atoms with Gasteiger partial charge in [-0.25, -0.2) is 4.63 Å². The average molecular weight is 262 g/mol. The maximum Gasteiger partial charge on any atom is 0.416 e. The van der Waals surface area contributed by atoms with Gasteiger partial charge in [-0.05, 0) is 22.4 Å². The van der Waals surface area contributed by atoms with Crippen LogP contribution in [-0.2, 0) is 0 Å². The number of aromatic nitrogens is 2. The monoisotopic (exact) mass is 262 g/mol. The maximum absolute atomic E-state index is 12.1. The van der Waals surface area contributed by atoms with E-state index in [0.29, 0.717) is 5.69 Å². The van der Waals surface area contributed by atoms with Crippen LogP contribution >= 0.6 is 0 Å². The van der Waals surface area contributed by atoms with Gasteiger partial charge in [0.15, 0.2) is 17.1 Å². The molecule has 0 saturated carbocycles. The van der Waals surface area contributed by atoms with E-state index in [1.165, 1.54) is 12.1 Å². The Hall–Kier alpha value is -2.03. The molecule has 98 valence electrons. The smallest absolute Gasteiger partial charge is 0.397 e. The number of hydrogen-bond donors (Lipinski definition) is 3. The highest BCUT2D eigenvalue weighted by molar-refractivity contribution is 5.94. The number of nitrogens with zero attached hydrogens (tertiary/aromatic N) is 2. The van der Waals surface area contributed by atoms with Crippen molar-refractivity contribution in [2.24, 2.45) is 0 Å². The van der Waals surface area contributed by atoms with Gasteiger partial charge in [0.2, 0.25) is 0 Å². The summed E-state index contributed by atoms with van der Waals surface area (Å²) < 4.78 is 40.8. The molecule has 1 aromatic heterocycles. The summed E-state index contributed by atoms with van der Waals surface area (Å²) in [5.74, 6) is 0. The van der Waals surface area contributed by atoms with Crippen molar-refractivity contribution in [3.05, 3.63) is 12.1 Å². The Morgan fingerprint density at radius 2 is 2.00 bits per heavy atom. The third kappa shape index (κ3) is 2.30. The number of fused-ring (bicyclic) bond motifs is 1. The molecule has 0 spiro atoms. The van der Waals surface area contributed by atoms with Crippen LogP contribution in [0.3, 0.4) is 0 Å². The Bertz CT molecular complexity index is 554. The van der Waals surface area contributed by atoms with Crippen LogP contribution in [-0.4, -0.2) is 34.2 Å². The van der Waals surface area contributed by atoms with Gasteiger partial charge in [-0.2, -0.15) is 13.2 Å². The number of benzene rings is 1. The Labute approximate surface area is 98.5 Å². The quantitative estimate of drug-likeness (QED) is 0.718. The Morgan fingerprint density at radius 3 is 2.67 bits per heavy atom. The maximum atomic E-state index is 12.1. The molecule has 18 heavy (non-hydrogen) atoms. The first kappa shape index (κ1) is 12.4. The van der Waals surface area contributed by atoms with E-state index in [9.17, 15) is 13.2 Å². The van der Waals surface area contributed by atoms with Crippen molar-refractivity contribution >= 4 is 22.4 Å². The second-order valence-corrected chi connectivity index (χ2v) is 3.60. The van der Waals surface area contributed by atoms with Gasteiger partial charge in [0.25, 0.3) is 0 Å². The third-order valence-corrected chi connectivity index (χ3v) is 2.31. The summed E-state index contributed by atoms with van der Waals surface area (Å²) in [6, 6.07) is 2.89. The van der Waals surface area contributed by atoms with E-state index < -0.39 is 18.8 Å². The zero-order valence-electron chi connectivity index (χ0n) is 8.90. The molecule has 0 fully saturated rings. The van der Waals surface area contributed by atoms with Gasteiger partial charge in [-0.15, -0.1) is 0 Å². The summed E-state index contributed by atoms with van der Waals surface area (Å²) >= 11 is 0. The Balaban J connectivity index is 2.18. The molecule has 1 atom stereocenters. The Kier molecular flexibility index (Phi) is 2.99. The molecule has 1 unspecified atom stereocenters. The number of hydrogen-bond acceptors (Lipinski definition) is 6. The summed E-state index contributed by atoms with van der Waals surface area (Å²) in [6.07, 6.45) is -7.15. The van der Waals surface area contributed by atoms with E-state index in [1.54, 1.807) is 0 Å². The van der Waals surface area contributed by atoms with Crippen molar-refractivity contribution in [1.82, 2.24) is 10.3 Å². The van der Waals surface area contributed by atoms with Crippen molar-refractivity contribution in [3.63, 3.8) is 0 Å². The number of alkyl halides is 3. The van der Waals surface area contributed by atoms with Gasteiger partial charge in [0.1, 0.15) is 0 Å². The van der Waals surface area contributed by atoms with Crippen LogP contribution < -0.4 is 11.1 Å². The fraction of sp³-hybridized carbons (Fsp3) is 0.333. The van der Waals surface area contributed by atoms with E-state index in [4.69, 9.17) is 10.8 Å². The lowest BCUT2D eigenvalue weighted by Crippen LogP contribution is -2.35. The highest BCUT2D eigenvalue weighted by atomic mass is 19.4. The van der Waals surface area contributed by atoms with Gasteiger partial charge < -0.3 is 16.2 Å². The molecule has 0 aliphatic rings. The van der Waals surface area contributed by atoms with Crippen LogP contribution in [0, 0.1) is 0 Å². The van der Waals surface area contributed by atoms with Gasteiger partial charge in [0, 0.05) is 6.54 Å². The molecule has 9 heteroatoms. The van der Waals surface area contributed by atoms with E-state index in [1.807, 2.05) is 0 Å². The van der Waals surface area contributed by atoms with Crippen molar-refractivity contribution in [2.45, 2.75) is 12.3 Å². The number of nitrogens with one attached hydrogen (secondary N) is 1. The molecule has 6 nitrogen and oxygen atoms in total. The van der Waals surface area contributed by atoms with Gasteiger partial charge in [-0.3, -0.25) is 0 Å². The summed E-state index contributed by atoms with van der Waals surface area (Å²) in [6.45, 7) is -0.699. The van der Waals surface area contributed by atoms with Crippen LogP contribution in [0.5, 0.6) is 0 Å². The third-order valence-electron chi connectivity index (χ3n) is 2.31. The highest BCUT2D eigenvalue weighted by Crippen LogP contribution is 2.26. The van der Waals surface area contributed by atoms with E-state index in [-0.39, 0.29) is 16.7 Å². The van der Waals surface area contributed by atoms with Gasteiger partial charge in [0.05, 0.1) is 11.4 Å². The second-order valence-electron chi connectivity index (χ2n) is 3.60. The highest BCUT2D eigenvalue weighted by Gasteiger charge is 2.37. The van der Waals surface area contributed by atoms with Gasteiger partial charge >= 0.3 is 6.18 Å². The molecular formula is C9H9F3N4O2. The molecule has 0 aliphatic heterocycles. The van der Waals surface area contributed by atoms with Crippen molar-refractivity contribution in [3.8, 4) is 0 Å². The lowest BCUT2D eigenvalue weighted by Gasteiger charge is -2.15. The van der Waals surface area contributed by atoms with Crippen LogP contribution in [0.2, 0.25) is 0 Å². The fourth-order valence-electron chi connectivity index (χ4n) is 1.35. The number of rotatable bonds is 3. The minimum Gasteiger partial charge on any atom is -0.397 e. The predicted molar refractivity (Wildman–Crippen MR) is 56.8 cm³/mol. The topological polar surface area (TPSA) is 97.2 Å². The molecule has 0 bridgehead atoms. The predicted octanol–water partition coefficient (Wildman–Crippen LogP) is 1.14. The number of halogens is 3. The first-order chi connectivity index (χ1) is 8.39. The second kappa shape index (κ2) is 4.33. The van der Waals surface area contributed by atoms with Crippen LogP contribution in [0.25, 0.3) is 11.0 Å². The molecule has 2 rings (SSSR count). The molecule has 2 aromatic rings. The number of aliphatic hydroxyl groups is 1. The standard InChI is InChI=1S/C9H9F3N4O2/c10-9(11,12)6(17)3-14-5-2-1-4(13)7-8(5)16-18-15-7/h1-2,6,14,17H,3,13H2. The molecule has 0 radical (unpaired) electrons. The minimum atomic E-state index is -4.68. The van der Waals surface area contributed by atoms with Crippen molar-refractivity contribution in [1.29, 1.82) is 0 Å². The molecule has 4 N–H and O–H groups in total. The molecule has 0 aliphatic carbocycles. The fourth-order valence-corrected chi connectivity index (χ4v) is 1.35. The summed E-state index contributed by atoms with van der Waals surface area (Å²) in [5, 5.41) is 18.3. The first-order valence-corrected chi connectivity index (χ1v) is 4.89. The molecule has 1 heterocycles. The number of anilines is 2. The SMILES string of the molecule is Nc1ccc(NCC(O)C(F)(F)F)c2nonc12. The zero-order chi connectivity index (χ0) is 13.3. The number of nitrogen functional groups attached to an aromatic ring is 1. The minimum absolute atomic E-state index is 0.212.